The van der Waals surface area contributed by atoms with Crippen LogP contribution in [0.4, 0.5) is 0 Å². The topological polar surface area (TPSA) is 132 Å². The highest BCUT2D eigenvalue weighted by molar-refractivity contribution is 7.55. The molecular weight excluding hydrogens is 455 g/mol. The number of carbonyl (C=O) groups excluding carboxylic acids is 2. The van der Waals surface area contributed by atoms with E-state index in [1.54, 1.807) is 18.2 Å². The van der Waals surface area contributed by atoms with Crippen LogP contribution in [0.3, 0.4) is 0 Å². The molecule has 2 aromatic rings. The molecule has 1 saturated carbocycles. The van der Waals surface area contributed by atoms with Gasteiger partial charge < -0.3 is 18.5 Å². The fourth-order valence-corrected chi connectivity index (χ4v) is 4.61. The maximum absolute atomic E-state index is 13.0. The second-order valence-electron chi connectivity index (χ2n) is 7.49. The van der Waals surface area contributed by atoms with Crippen molar-refractivity contribution in [3.05, 3.63) is 68.5 Å². The fourth-order valence-electron chi connectivity index (χ4n) is 3.45. The molecule has 11 nitrogen and oxygen atoms in total. The van der Waals surface area contributed by atoms with E-state index in [0.717, 1.165) is 21.3 Å². The highest BCUT2D eigenvalue weighted by atomic mass is 31.2. The van der Waals surface area contributed by atoms with Gasteiger partial charge >= 0.3 is 19.3 Å². The van der Waals surface area contributed by atoms with Crippen LogP contribution in [-0.4, -0.2) is 54.8 Å². The van der Waals surface area contributed by atoms with Gasteiger partial charge in [-0.2, -0.15) is 4.57 Å². The molecule has 3 unspecified atom stereocenters. The van der Waals surface area contributed by atoms with E-state index in [0.29, 0.717) is 11.0 Å². The van der Waals surface area contributed by atoms with Crippen LogP contribution in [0.1, 0.15) is 28.4 Å². The second kappa shape index (κ2) is 9.96. The molecule has 1 heterocycles. The van der Waals surface area contributed by atoms with Crippen molar-refractivity contribution in [1.29, 1.82) is 0 Å². The van der Waals surface area contributed by atoms with Gasteiger partial charge in [0.2, 0.25) is 0 Å². The number of benzene rings is 1. The first-order valence-corrected chi connectivity index (χ1v) is 11.6. The average Bonchev–Trinajstić information content (AvgIpc) is 3.60. The lowest BCUT2D eigenvalue weighted by molar-refractivity contribution is -0.150. The maximum atomic E-state index is 13.0. The Kier molecular flexibility index (Phi) is 7.48. The van der Waals surface area contributed by atoms with Crippen LogP contribution in [0.5, 0.6) is 0 Å². The van der Waals surface area contributed by atoms with Crippen LogP contribution in [0.25, 0.3) is 0 Å². The number of ether oxygens (including phenoxy) is 2. The summed E-state index contributed by atoms with van der Waals surface area (Å²) in [5.74, 6) is -3.47. The van der Waals surface area contributed by atoms with Crippen LogP contribution in [0, 0.1) is 12.8 Å². The summed E-state index contributed by atoms with van der Waals surface area (Å²) in [5, 5.41) is 0. The number of aryl methyl sites for hydroxylation is 1. The van der Waals surface area contributed by atoms with Crippen LogP contribution in [0.2, 0.25) is 0 Å². The summed E-state index contributed by atoms with van der Waals surface area (Å²) < 4.78 is 34.4. The quantitative estimate of drug-likeness (QED) is 0.387. The third-order valence-electron chi connectivity index (χ3n) is 5.42. The van der Waals surface area contributed by atoms with Crippen LogP contribution >= 0.6 is 7.60 Å². The molecule has 0 saturated heterocycles. The van der Waals surface area contributed by atoms with E-state index in [-0.39, 0.29) is 29.7 Å². The number of hydrogen-bond donors (Lipinski definition) is 0. The van der Waals surface area contributed by atoms with E-state index >= 15 is 0 Å². The number of esters is 1. The highest BCUT2D eigenvalue weighted by Gasteiger charge is 2.46. The molecule has 1 fully saturated rings. The molecule has 0 bridgehead atoms. The molecule has 3 rings (SSSR count). The van der Waals surface area contributed by atoms with Crippen molar-refractivity contribution in [2.75, 3.05) is 27.9 Å². The smallest absolute Gasteiger partial charge is 0.370 e. The van der Waals surface area contributed by atoms with Gasteiger partial charge in [0.15, 0.2) is 0 Å². The Labute approximate surface area is 189 Å². The third-order valence-corrected chi connectivity index (χ3v) is 7.37. The zero-order chi connectivity index (χ0) is 24.3. The summed E-state index contributed by atoms with van der Waals surface area (Å²) in [6.45, 7) is 1.46. The Hall–Kier alpha value is -2.85. The summed E-state index contributed by atoms with van der Waals surface area (Å²) in [4.78, 5) is 50.5. The molecule has 0 radical (unpaired) electrons. The van der Waals surface area contributed by atoms with Gasteiger partial charge in [0, 0.05) is 43.5 Å². The van der Waals surface area contributed by atoms with Crippen molar-refractivity contribution >= 4 is 19.5 Å². The minimum atomic E-state index is -3.92. The fraction of sp³-hybridized carbons (Fsp3) is 0.429. The molecule has 12 heteroatoms. The summed E-state index contributed by atoms with van der Waals surface area (Å²) in [6, 6.07) is 7.65. The van der Waals surface area contributed by atoms with E-state index in [1.807, 2.05) is 0 Å². The SMILES string of the molecule is CO[12C](=O)C(OCC1CC1n1cc(C)c(=O)n(C(=O)c2ccccc2)c1=O)P(=O)(OC)OC. The van der Waals surface area contributed by atoms with Crippen molar-refractivity contribution < 1.29 is 32.7 Å². The number of methoxy groups -OCH3 is 1. The van der Waals surface area contributed by atoms with Crippen LogP contribution < -0.4 is 11.2 Å². The number of hydrogen-bond acceptors (Lipinski definition) is 9. The van der Waals surface area contributed by atoms with Gasteiger partial charge in [-0.15, -0.1) is 0 Å². The first-order chi connectivity index (χ1) is 15.7. The highest BCUT2D eigenvalue weighted by Crippen LogP contribution is 2.53. The predicted octanol–water partition coefficient (Wildman–Crippen LogP) is 1.57. The van der Waals surface area contributed by atoms with Gasteiger partial charge in [-0.05, 0) is 25.5 Å². The van der Waals surface area contributed by atoms with Crippen LogP contribution in [0.15, 0.2) is 46.1 Å². The van der Waals surface area contributed by atoms with E-state index < -0.39 is 36.6 Å². The van der Waals surface area contributed by atoms with Crippen molar-refractivity contribution in [3.8, 4) is 0 Å². The predicted molar refractivity (Wildman–Crippen MR) is 116 cm³/mol. The molecule has 178 valence electrons. The lowest BCUT2D eigenvalue weighted by atomic mass is 10.2. The lowest BCUT2D eigenvalue weighted by Crippen LogP contribution is -2.44. The monoisotopic (exact) mass is 480 g/mol. The van der Waals surface area contributed by atoms with Gasteiger partial charge in [0.25, 0.3) is 17.3 Å². The normalized spacial score (nSPS) is 18.5. The lowest BCUT2D eigenvalue weighted by Gasteiger charge is -2.22. The minimum absolute atomic E-state index is 0.0572. The third kappa shape index (κ3) is 4.91. The van der Waals surface area contributed by atoms with Crippen molar-refractivity contribution in [1.82, 2.24) is 9.13 Å². The van der Waals surface area contributed by atoms with E-state index in [2.05, 4.69) is 4.74 Å². The Morgan fingerprint density at radius 2 is 1.76 bits per heavy atom. The minimum Gasteiger partial charge on any atom is -0.467 e. The van der Waals surface area contributed by atoms with E-state index in [9.17, 15) is 23.7 Å². The standard InChI is InChI=1S/C21H25N2O9P/c1-13-11-22(21(27)23(17(13)24)18(25)14-8-6-5-7-9-14)16-10-15(16)12-32-20(19(26)29-2)33(28,30-3)31-4/h5-9,11,15-16,20H,10,12H2,1-4H3/i19+0. The largest absolute Gasteiger partial charge is 0.467 e. The first kappa shape index (κ1) is 24.8. The van der Waals surface area contributed by atoms with Crippen LogP contribution in [-0.2, 0) is 27.9 Å². The zero-order valence-electron chi connectivity index (χ0n) is 18.6. The molecule has 1 aliphatic carbocycles. The van der Waals surface area contributed by atoms with Gasteiger partial charge in [-0.3, -0.25) is 18.7 Å². The number of nitrogens with zero attached hydrogens (tertiary/aromatic N) is 2. The van der Waals surface area contributed by atoms with Crippen molar-refractivity contribution in [3.63, 3.8) is 0 Å². The Balaban J connectivity index is 1.84. The van der Waals surface area contributed by atoms with Gasteiger partial charge in [0.1, 0.15) is 0 Å². The van der Waals surface area contributed by atoms with E-state index in [4.69, 9.17) is 13.8 Å². The molecule has 3 atom stereocenters. The molecule has 1 aromatic carbocycles. The molecule has 0 amide bonds. The summed E-state index contributed by atoms with van der Waals surface area (Å²) in [7, 11) is -0.556. The van der Waals surface area contributed by atoms with Gasteiger partial charge in [0.05, 0.1) is 13.7 Å². The summed E-state index contributed by atoms with van der Waals surface area (Å²) in [5.41, 5.74) is -1.03. The molecule has 1 aromatic heterocycles. The van der Waals surface area contributed by atoms with Crippen molar-refractivity contribution in [2.45, 2.75) is 25.2 Å². The molecule has 1 aliphatic rings. The number of rotatable bonds is 9. The maximum Gasteiger partial charge on any atom is 0.370 e. The average molecular weight is 480 g/mol. The molecule has 0 aliphatic heterocycles. The number of carbonyl (C=O) groups is 2. The molecule has 33 heavy (non-hydrogen) atoms. The Bertz CT molecular complexity index is 1200. The van der Waals surface area contributed by atoms with Gasteiger partial charge in [-0.25, -0.2) is 9.59 Å². The van der Waals surface area contributed by atoms with Gasteiger partial charge in [-0.1, -0.05) is 18.2 Å². The summed E-state index contributed by atoms with van der Waals surface area (Å²) in [6.07, 6.45) is 1.88. The summed E-state index contributed by atoms with van der Waals surface area (Å²) >= 11 is 0. The molecule has 0 N–H and O–H groups in total. The van der Waals surface area contributed by atoms with Crippen molar-refractivity contribution in [2.24, 2.45) is 5.92 Å². The second-order valence-corrected chi connectivity index (χ2v) is 9.77. The number of aromatic nitrogens is 2. The zero-order valence-corrected chi connectivity index (χ0v) is 19.5. The molecule has 0 spiro atoms. The molecular formula is C21H25N2O9P. The first-order valence-electron chi connectivity index (χ1n) is 10.0. The Morgan fingerprint density at radius 3 is 2.33 bits per heavy atom. The van der Waals surface area contributed by atoms with E-state index in [1.165, 1.54) is 29.8 Å². The Morgan fingerprint density at radius 1 is 1.12 bits per heavy atom.